The van der Waals surface area contributed by atoms with Crippen LogP contribution in [-0.2, 0) is 6.42 Å². The molecule has 0 aliphatic heterocycles. The third-order valence-corrected chi connectivity index (χ3v) is 4.59. The molecule has 0 aliphatic carbocycles. The Balaban J connectivity index is 2.05. The maximum absolute atomic E-state index is 13.2. The van der Waals surface area contributed by atoms with Crippen molar-refractivity contribution in [2.45, 2.75) is 36.5 Å². The number of benzene rings is 2. The molecule has 20 heavy (non-hydrogen) atoms. The molecule has 0 heterocycles. The van der Waals surface area contributed by atoms with Crippen LogP contribution in [0, 0.1) is 5.82 Å². The molecule has 2 aromatic rings. The van der Waals surface area contributed by atoms with Gasteiger partial charge in [0, 0.05) is 16.2 Å². The fourth-order valence-electron chi connectivity index (χ4n) is 2.07. The molecular formula is C17H20FNS. The van der Waals surface area contributed by atoms with Crippen LogP contribution in [0.1, 0.15) is 31.0 Å². The van der Waals surface area contributed by atoms with E-state index in [1.54, 1.807) is 23.9 Å². The van der Waals surface area contributed by atoms with Crippen molar-refractivity contribution in [3.05, 3.63) is 65.5 Å². The molecule has 2 N–H and O–H groups in total. The van der Waals surface area contributed by atoms with Gasteiger partial charge in [-0.3, -0.25) is 0 Å². The summed E-state index contributed by atoms with van der Waals surface area (Å²) in [5, 5.41) is 0.185. The van der Waals surface area contributed by atoms with Crippen molar-refractivity contribution in [3.8, 4) is 0 Å². The summed E-state index contributed by atoms with van der Waals surface area (Å²) in [5.41, 5.74) is 8.74. The minimum atomic E-state index is -0.205. The van der Waals surface area contributed by atoms with Crippen molar-refractivity contribution >= 4 is 11.8 Å². The van der Waals surface area contributed by atoms with Crippen LogP contribution in [0.5, 0.6) is 0 Å². The first-order valence-corrected chi connectivity index (χ1v) is 7.74. The number of hydrogen-bond donors (Lipinski definition) is 1. The molecule has 0 fully saturated rings. The molecule has 0 radical (unpaired) electrons. The van der Waals surface area contributed by atoms with Crippen molar-refractivity contribution in [2.24, 2.45) is 5.73 Å². The molecule has 0 bridgehead atoms. The molecule has 0 amide bonds. The van der Waals surface area contributed by atoms with Gasteiger partial charge in [0.25, 0.3) is 0 Å². The van der Waals surface area contributed by atoms with Crippen molar-refractivity contribution in [3.63, 3.8) is 0 Å². The van der Waals surface area contributed by atoms with E-state index < -0.39 is 0 Å². The Hall–Kier alpha value is -1.32. The summed E-state index contributed by atoms with van der Waals surface area (Å²) in [4.78, 5) is 0.915. The van der Waals surface area contributed by atoms with Gasteiger partial charge in [0.05, 0.1) is 0 Å². The number of hydrogen-bond acceptors (Lipinski definition) is 2. The number of thioether (sulfide) groups is 1. The second-order valence-corrected chi connectivity index (χ2v) is 6.35. The summed E-state index contributed by atoms with van der Waals surface area (Å²) < 4.78 is 13.2. The number of nitrogens with two attached hydrogens (primary N) is 1. The average Bonchev–Trinajstić information content (AvgIpc) is 2.46. The van der Waals surface area contributed by atoms with Crippen LogP contribution in [0.25, 0.3) is 0 Å². The third-order valence-electron chi connectivity index (χ3n) is 3.40. The van der Waals surface area contributed by atoms with Gasteiger partial charge in [-0.15, -0.1) is 11.8 Å². The highest BCUT2D eigenvalue weighted by Gasteiger charge is 2.16. The van der Waals surface area contributed by atoms with E-state index in [4.69, 9.17) is 5.73 Å². The van der Waals surface area contributed by atoms with E-state index in [-0.39, 0.29) is 17.1 Å². The zero-order valence-corrected chi connectivity index (χ0v) is 12.7. The summed E-state index contributed by atoms with van der Waals surface area (Å²) >= 11 is 1.61. The topological polar surface area (TPSA) is 26.0 Å². The molecule has 2 aromatic carbocycles. The second kappa shape index (κ2) is 6.91. The average molecular weight is 289 g/mol. The number of aryl methyl sites for hydroxylation is 1. The van der Waals surface area contributed by atoms with Crippen molar-refractivity contribution in [1.29, 1.82) is 0 Å². The van der Waals surface area contributed by atoms with Gasteiger partial charge in [0.2, 0.25) is 0 Å². The van der Waals surface area contributed by atoms with Gasteiger partial charge >= 0.3 is 0 Å². The maximum Gasteiger partial charge on any atom is 0.124 e. The summed E-state index contributed by atoms with van der Waals surface area (Å²) in [6.45, 7) is 4.21. The van der Waals surface area contributed by atoms with E-state index in [0.717, 1.165) is 16.9 Å². The Bertz CT molecular complexity index is 553. The van der Waals surface area contributed by atoms with Gasteiger partial charge in [-0.2, -0.15) is 0 Å². The third kappa shape index (κ3) is 3.84. The zero-order chi connectivity index (χ0) is 14.5. The Morgan fingerprint density at radius 2 is 1.85 bits per heavy atom. The molecule has 1 nitrogen and oxygen atoms in total. The molecule has 2 atom stereocenters. The quantitative estimate of drug-likeness (QED) is 0.816. The van der Waals surface area contributed by atoms with E-state index in [2.05, 4.69) is 38.1 Å². The molecular weight excluding hydrogens is 269 g/mol. The van der Waals surface area contributed by atoms with Gasteiger partial charge in [0.1, 0.15) is 5.82 Å². The van der Waals surface area contributed by atoms with Gasteiger partial charge < -0.3 is 5.73 Å². The van der Waals surface area contributed by atoms with E-state index >= 15 is 0 Å². The maximum atomic E-state index is 13.2. The highest BCUT2D eigenvalue weighted by atomic mass is 32.2. The van der Waals surface area contributed by atoms with Gasteiger partial charge in [-0.05, 0) is 35.7 Å². The smallest absolute Gasteiger partial charge is 0.124 e. The first kappa shape index (κ1) is 15.1. The molecule has 0 aliphatic rings. The van der Waals surface area contributed by atoms with Gasteiger partial charge in [-0.1, -0.05) is 44.2 Å². The minimum absolute atomic E-state index is 0.0610. The minimum Gasteiger partial charge on any atom is -0.323 e. The molecule has 106 valence electrons. The van der Waals surface area contributed by atoms with Crippen LogP contribution in [0.2, 0.25) is 0 Å². The van der Waals surface area contributed by atoms with E-state index in [0.29, 0.717) is 0 Å². The van der Waals surface area contributed by atoms with Crippen LogP contribution in [0.3, 0.4) is 0 Å². The molecule has 0 saturated carbocycles. The first-order chi connectivity index (χ1) is 9.60. The lowest BCUT2D eigenvalue weighted by molar-refractivity contribution is 0.624. The highest BCUT2D eigenvalue weighted by Crippen LogP contribution is 2.31. The standard InChI is InChI=1S/C17H20FNS/c1-3-13-7-9-14(10-8-13)17(19)12(2)20-16-6-4-5-15(18)11-16/h4-12,17H,3,19H2,1-2H3. The Morgan fingerprint density at radius 3 is 2.45 bits per heavy atom. The molecule has 0 aromatic heterocycles. The van der Waals surface area contributed by atoms with Crippen LogP contribution in [0.4, 0.5) is 4.39 Å². The Kier molecular flexibility index (Phi) is 5.21. The summed E-state index contributed by atoms with van der Waals surface area (Å²) in [7, 11) is 0. The molecule has 2 rings (SSSR count). The fourth-order valence-corrected chi connectivity index (χ4v) is 3.15. The van der Waals surface area contributed by atoms with Crippen LogP contribution in [0.15, 0.2) is 53.4 Å². The monoisotopic (exact) mass is 289 g/mol. The molecule has 3 heteroatoms. The van der Waals surface area contributed by atoms with Crippen molar-refractivity contribution < 1.29 is 4.39 Å². The zero-order valence-electron chi connectivity index (χ0n) is 11.8. The van der Waals surface area contributed by atoms with Gasteiger partial charge in [0.15, 0.2) is 0 Å². The van der Waals surface area contributed by atoms with Gasteiger partial charge in [-0.25, -0.2) is 4.39 Å². The Labute approximate surface area is 124 Å². The summed E-state index contributed by atoms with van der Waals surface area (Å²) in [6.07, 6.45) is 1.03. The molecule has 2 unspecified atom stereocenters. The number of rotatable bonds is 5. The lowest BCUT2D eigenvalue weighted by Crippen LogP contribution is -2.21. The first-order valence-electron chi connectivity index (χ1n) is 6.86. The largest absolute Gasteiger partial charge is 0.323 e. The predicted octanol–water partition coefficient (Wildman–Crippen LogP) is 4.57. The Morgan fingerprint density at radius 1 is 1.15 bits per heavy atom. The van der Waals surface area contributed by atoms with E-state index in [1.807, 2.05) is 6.07 Å². The highest BCUT2D eigenvalue weighted by molar-refractivity contribution is 8.00. The van der Waals surface area contributed by atoms with E-state index in [9.17, 15) is 4.39 Å². The lowest BCUT2D eigenvalue weighted by Gasteiger charge is -2.20. The van der Waals surface area contributed by atoms with Crippen LogP contribution >= 0.6 is 11.8 Å². The second-order valence-electron chi connectivity index (χ2n) is 4.90. The molecule has 0 spiro atoms. The summed E-state index contributed by atoms with van der Waals surface area (Å²) in [5.74, 6) is -0.205. The van der Waals surface area contributed by atoms with Crippen molar-refractivity contribution in [2.75, 3.05) is 0 Å². The molecule has 0 saturated heterocycles. The lowest BCUT2D eigenvalue weighted by atomic mass is 10.0. The van der Waals surface area contributed by atoms with E-state index in [1.165, 1.54) is 11.6 Å². The van der Waals surface area contributed by atoms with Crippen LogP contribution in [-0.4, -0.2) is 5.25 Å². The predicted molar refractivity (Wildman–Crippen MR) is 84.5 cm³/mol. The normalized spacial score (nSPS) is 14.0. The summed E-state index contributed by atoms with van der Waals surface area (Å²) in [6, 6.07) is 15.0. The van der Waals surface area contributed by atoms with Crippen LogP contribution < -0.4 is 5.73 Å². The SMILES string of the molecule is CCc1ccc(C(N)C(C)Sc2cccc(F)c2)cc1. The fraction of sp³-hybridized carbons (Fsp3) is 0.294. The number of halogens is 1. The van der Waals surface area contributed by atoms with Crippen molar-refractivity contribution in [1.82, 2.24) is 0 Å².